The van der Waals surface area contributed by atoms with Crippen LogP contribution in [0.1, 0.15) is 15.9 Å². The molecule has 0 fully saturated rings. The smallest absolute Gasteiger partial charge is 0.257 e. The van der Waals surface area contributed by atoms with Gasteiger partial charge in [-0.15, -0.1) is 0 Å². The first-order chi connectivity index (χ1) is 8.58. The fourth-order valence-corrected chi connectivity index (χ4v) is 2.29. The van der Waals surface area contributed by atoms with Crippen LogP contribution in [0, 0.1) is 0 Å². The highest BCUT2D eigenvalue weighted by Gasteiger charge is 2.16. The predicted molar refractivity (Wildman–Crippen MR) is 69.9 cm³/mol. The van der Waals surface area contributed by atoms with Crippen LogP contribution in [0.5, 0.6) is 11.5 Å². The van der Waals surface area contributed by atoms with E-state index in [9.17, 15) is 15.0 Å². The molecule has 0 aliphatic carbocycles. The maximum absolute atomic E-state index is 12.1. The summed E-state index contributed by atoms with van der Waals surface area (Å²) in [5, 5.41) is 22.7. The molecule has 5 heteroatoms. The highest BCUT2D eigenvalue weighted by Crippen LogP contribution is 2.24. The first-order valence-electron chi connectivity index (χ1n) is 5.36. The van der Waals surface area contributed by atoms with E-state index in [0.717, 1.165) is 11.6 Å². The number of benzene rings is 1. The van der Waals surface area contributed by atoms with E-state index in [1.807, 2.05) is 16.8 Å². The Balaban J connectivity index is 2.15. The molecular formula is C13H13NO3S. The van der Waals surface area contributed by atoms with E-state index >= 15 is 0 Å². The molecular weight excluding hydrogens is 250 g/mol. The minimum absolute atomic E-state index is 0.0652. The van der Waals surface area contributed by atoms with Gasteiger partial charge in [-0.25, -0.2) is 0 Å². The summed E-state index contributed by atoms with van der Waals surface area (Å²) in [5.41, 5.74) is 1.24. The lowest BCUT2D eigenvalue weighted by atomic mass is 10.1. The Morgan fingerprint density at radius 2 is 2.11 bits per heavy atom. The summed E-state index contributed by atoms with van der Waals surface area (Å²) in [4.78, 5) is 13.6. The van der Waals surface area contributed by atoms with E-state index in [4.69, 9.17) is 0 Å². The van der Waals surface area contributed by atoms with Gasteiger partial charge in [0.15, 0.2) is 0 Å². The largest absolute Gasteiger partial charge is 0.508 e. The molecule has 2 rings (SSSR count). The molecule has 0 radical (unpaired) electrons. The summed E-state index contributed by atoms with van der Waals surface area (Å²) in [7, 11) is 1.67. The molecule has 0 bridgehead atoms. The maximum atomic E-state index is 12.1. The lowest BCUT2D eigenvalue weighted by Gasteiger charge is -2.17. The van der Waals surface area contributed by atoms with Crippen molar-refractivity contribution in [3.63, 3.8) is 0 Å². The number of rotatable bonds is 3. The average molecular weight is 263 g/mol. The molecule has 0 saturated carbocycles. The number of carbonyl (C=O) groups is 1. The van der Waals surface area contributed by atoms with Crippen molar-refractivity contribution in [2.24, 2.45) is 0 Å². The molecule has 4 nitrogen and oxygen atoms in total. The number of hydrogen-bond donors (Lipinski definition) is 2. The molecule has 0 saturated heterocycles. The van der Waals surface area contributed by atoms with Gasteiger partial charge in [0.25, 0.3) is 5.91 Å². The molecule has 2 N–H and O–H groups in total. The Hall–Kier alpha value is -2.01. The Labute approximate surface area is 109 Å². The van der Waals surface area contributed by atoms with Crippen molar-refractivity contribution in [3.05, 3.63) is 46.2 Å². The highest BCUT2D eigenvalue weighted by molar-refractivity contribution is 7.07. The van der Waals surface area contributed by atoms with E-state index in [2.05, 4.69) is 0 Å². The van der Waals surface area contributed by atoms with Gasteiger partial charge >= 0.3 is 0 Å². The van der Waals surface area contributed by atoms with Gasteiger partial charge in [0.1, 0.15) is 11.5 Å². The van der Waals surface area contributed by atoms with E-state index < -0.39 is 0 Å². The van der Waals surface area contributed by atoms with Gasteiger partial charge in [-0.05, 0) is 34.5 Å². The van der Waals surface area contributed by atoms with Crippen molar-refractivity contribution in [3.8, 4) is 11.5 Å². The van der Waals surface area contributed by atoms with Gasteiger partial charge in [0.2, 0.25) is 0 Å². The second kappa shape index (κ2) is 5.10. The van der Waals surface area contributed by atoms with Crippen LogP contribution in [0.3, 0.4) is 0 Å². The van der Waals surface area contributed by atoms with Crippen molar-refractivity contribution in [2.75, 3.05) is 7.05 Å². The zero-order chi connectivity index (χ0) is 13.1. The van der Waals surface area contributed by atoms with Gasteiger partial charge in [-0.2, -0.15) is 11.3 Å². The molecule has 1 amide bonds. The van der Waals surface area contributed by atoms with E-state index in [0.29, 0.717) is 6.54 Å². The number of aromatic hydroxyl groups is 2. The normalized spacial score (nSPS) is 10.3. The molecule has 0 aliphatic heterocycles. The SMILES string of the molecule is CN(Cc1ccsc1)C(=O)c1ccc(O)cc1O. The van der Waals surface area contributed by atoms with Gasteiger partial charge in [-0.3, -0.25) is 4.79 Å². The molecule has 1 aromatic carbocycles. The fourth-order valence-electron chi connectivity index (χ4n) is 1.63. The van der Waals surface area contributed by atoms with Crippen molar-refractivity contribution in [2.45, 2.75) is 6.54 Å². The number of phenolic OH excluding ortho intramolecular Hbond substituents is 2. The standard InChI is InChI=1S/C13H13NO3S/c1-14(7-9-4-5-18-8-9)13(17)11-3-2-10(15)6-12(11)16/h2-6,8,15-16H,7H2,1H3. The number of phenols is 2. The molecule has 0 unspecified atom stereocenters. The maximum Gasteiger partial charge on any atom is 0.257 e. The Bertz CT molecular complexity index is 551. The second-order valence-corrected chi connectivity index (χ2v) is 4.77. The highest BCUT2D eigenvalue weighted by atomic mass is 32.1. The number of nitrogens with zero attached hydrogens (tertiary/aromatic N) is 1. The molecule has 2 aromatic rings. The van der Waals surface area contributed by atoms with Crippen LogP contribution in [-0.4, -0.2) is 28.1 Å². The molecule has 1 heterocycles. The third kappa shape index (κ3) is 2.62. The fraction of sp³-hybridized carbons (Fsp3) is 0.154. The molecule has 0 atom stereocenters. The van der Waals surface area contributed by atoms with Gasteiger partial charge in [-0.1, -0.05) is 0 Å². The zero-order valence-corrected chi connectivity index (χ0v) is 10.6. The Morgan fingerprint density at radius 3 is 2.72 bits per heavy atom. The molecule has 94 valence electrons. The molecule has 18 heavy (non-hydrogen) atoms. The summed E-state index contributed by atoms with van der Waals surface area (Å²) in [6, 6.07) is 5.90. The monoisotopic (exact) mass is 263 g/mol. The van der Waals surface area contributed by atoms with Crippen molar-refractivity contribution < 1.29 is 15.0 Å². The topological polar surface area (TPSA) is 60.8 Å². The first-order valence-corrected chi connectivity index (χ1v) is 6.30. The van der Waals surface area contributed by atoms with Gasteiger partial charge in [0, 0.05) is 19.7 Å². The lowest BCUT2D eigenvalue weighted by molar-refractivity contribution is 0.0782. The Morgan fingerprint density at radius 1 is 1.33 bits per heavy atom. The number of thiophene rings is 1. The van der Waals surface area contributed by atoms with Crippen LogP contribution < -0.4 is 0 Å². The summed E-state index contributed by atoms with van der Waals surface area (Å²) < 4.78 is 0. The summed E-state index contributed by atoms with van der Waals surface area (Å²) in [6.45, 7) is 0.489. The summed E-state index contributed by atoms with van der Waals surface area (Å²) >= 11 is 1.57. The van der Waals surface area contributed by atoms with Crippen LogP contribution in [0.25, 0.3) is 0 Å². The molecule has 0 aliphatic rings. The minimum Gasteiger partial charge on any atom is -0.508 e. The third-order valence-electron chi connectivity index (χ3n) is 2.56. The molecule has 0 spiro atoms. The van der Waals surface area contributed by atoms with Crippen LogP contribution >= 0.6 is 11.3 Å². The third-order valence-corrected chi connectivity index (χ3v) is 3.29. The van der Waals surface area contributed by atoms with Crippen LogP contribution in [0.15, 0.2) is 35.0 Å². The van der Waals surface area contributed by atoms with Crippen LogP contribution in [-0.2, 0) is 6.54 Å². The van der Waals surface area contributed by atoms with Crippen molar-refractivity contribution >= 4 is 17.2 Å². The van der Waals surface area contributed by atoms with Gasteiger partial charge in [0.05, 0.1) is 5.56 Å². The quantitative estimate of drug-likeness (QED) is 0.894. The van der Waals surface area contributed by atoms with Crippen molar-refractivity contribution in [1.29, 1.82) is 0 Å². The average Bonchev–Trinajstić information content (AvgIpc) is 2.81. The first kappa shape index (κ1) is 12.4. The van der Waals surface area contributed by atoms with Gasteiger partial charge < -0.3 is 15.1 Å². The number of amides is 1. The summed E-state index contributed by atoms with van der Waals surface area (Å²) in [6.07, 6.45) is 0. The molecule has 1 aromatic heterocycles. The zero-order valence-electron chi connectivity index (χ0n) is 9.83. The van der Waals surface area contributed by atoms with Crippen LogP contribution in [0.4, 0.5) is 0 Å². The number of hydrogen-bond acceptors (Lipinski definition) is 4. The van der Waals surface area contributed by atoms with E-state index in [1.165, 1.54) is 17.0 Å². The second-order valence-electron chi connectivity index (χ2n) is 3.99. The van der Waals surface area contributed by atoms with E-state index in [-0.39, 0.29) is 23.0 Å². The predicted octanol–water partition coefficient (Wildman–Crippen LogP) is 2.43. The minimum atomic E-state index is -0.279. The Kier molecular flexibility index (Phi) is 3.53. The summed E-state index contributed by atoms with van der Waals surface area (Å²) in [5.74, 6) is -0.555. The van der Waals surface area contributed by atoms with Crippen LogP contribution in [0.2, 0.25) is 0 Å². The van der Waals surface area contributed by atoms with E-state index in [1.54, 1.807) is 18.4 Å². The number of carbonyl (C=O) groups excluding carboxylic acids is 1. The van der Waals surface area contributed by atoms with Crippen molar-refractivity contribution in [1.82, 2.24) is 4.90 Å². The lowest BCUT2D eigenvalue weighted by Crippen LogP contribution is -2.26.